The number of nitrogens with zero attached hydrogens (tertiary/aromatic N) is 5. The number of anilines is 2. The minimum atomic E-state index is -0.193. The van der Waals surface area contributed by atoms with Crippen LogP contribution in [0, 0.1) is 0 Å². The molecule has 3 aromatic heterocycles. The molecule has 0 bridgehead atoms. The first-order valence-electron chi connectivity index (χ1n) is 11.4. The van der Waals surface area contributed by atoms with Gasteiger partial charge in [0.1, 0.15) is 11.1 Å². The van der Waals surface area contributed by atoms with Crippen molar-refractivity contribution >= 4 is 22.7 Å². The predicted molar refractivity (Wildman–Crippen MR) is 125 cm³/mol. The topological polar surface area (TPSA) is 103 Å². The van der Waals surface area contributed by atoms with Crippen molar-refractivity contribution in [3.8, 4) is 6.01 Å². The molecule has 0 radical (unpaired) electrons. The number of hydrogen-bond acceptors (Lipinski definition) is 7. The summed E-state index contributed by atoms with van der Waals surface area (Å²) in [5, 5.41) is 7.16. The summed E-state index contributed by atoms with van der Waals surface area (Å²) in [6.07, 6.45) is 6.25. The number of fused-ring (bicyclic) bond motifs is 2. The highest BCUT2D eigenvalue weighted by molar-refractivity contribution is 5.76. The normalized spacial score (nSPS) is 16.2. The van der Waals surface area contributed by atoms with E-state index in [0.29, 0.717) is 23.0 Å². The largest absolute Gasteiger partial charge is 0.427 e. The maximum atomic E-state index is 13.2. The second kappa shape index (κ2) is 7.28. The number of rotatable bonds is 4. The molecular weight excluding hydrogens is 418 g/mol. The van der Waals surface area contributed by atoms with Crippen LogP contribution >= 0.6 is 0 Å². The molecule has 170 valence electrons. The first-order chi connectivity index (χ1) is 15.9. The third-order valence-corrected chi connectivity index (χ3v) is 6.28. The number of nitrogens with one attached hydrogen (secondary N) is 2. The quantitative estimate of drug-likeness (QED) is 0.495. The van der Waals surface area contributed by atoms with Gasteiger partial charge in [0.2, 0.25) is 5.95 Å². The minimum absolute atomic E-state index is 0.116. The van der Waals surface area contributed by atoms with Crippen molar-refractivity contribution in [1.82, 2.24) is 29.6 Å². The van der Waals surface area contributed by atoms with E-state index >= 15 is 0 Å². The van der Waals surface area contributed by atoms with Crippen LogP contribution in [0.5, 0.6) is 0 Å². The molecule has 1 aromatic carbocycles. The van der Waals surface area contributed by atoms with Gasteiger partial charge >= 0.3 is 6.01 Å². The van der Waals surface area contributed by atoms with Gasteiger partial charge < -0.3 is 15.1 Å². The monoisotopic (exact) mass is 445 g/mol. The highest BCUT2D eigenvalue weighted by atomic mass is 16.4. The molecule has 1 aliphatic heterocycles. The van der Waals surface area contributed by atoms with Crippen LogP contribution in [0.4, 0.5) is 11.6 Å². The second-order valence-corrected chi connectivity index (χ2v) is 9.92. The standard InChI is InChI=1S/C24H27N7O2/c1-24(2,3)19-13-27-23(33-19)31-20-18(21(32)30(31)17-6-7-17)12-26-22(29-20)28-16-5-4-14-8-9-25-11-15(14)10-16/h4-5,10,12-13,17,25H,6-9,11H2,1-3H3,(H,26,28,29). The van der Waals surface area contributed by atoms with Gasteiger partial charge in [0.25, 0.3) is 5.56 Å². The number of aromatic nitrogens is 5. The van der Waals surface area contributed by atoms with Crippen molar-refractivity contribution in [3.05, 3.63) is 57.8 Å². The summed E-state index contributed by atoms with van der Waals surface area (Å²) in [5.41, 5.74) is 3.74. The van der Waals surface area contributed by atoms with Crippen molar-refractivity contribution in [1.29, 1.82) is 0 Å². The SMILES string of the molecule is CC(C)(C)c1cnc(-n2c3nc(Nc4ccc5c(c4)CNCC5)ncc3c(=O)n2C2CC2)o1. The number of hydrogen-bond donors (Lipinski definition) is 2. The molecule has 0 spiro atoms. The molecule has 9 heteroatoms. The Hall–Kier alpha value is -3.46. The molecule has 0 unspecified atom stereocenters. The number of benzene rings is 1. The maximum absolute atomic E-state index is 13.2. The van der Waals surface area contributed by atoms with E-state index in [2.05, 4.69) is 53.5 Å². The molecule has 6 rings (SSSR count). The maximum Gasteiger partial charge on any atom is 0.323 e. The average molecular weight is 446 g/mol. The lowest BCUT2D eigenvalue weighted by Crippen LogP contribution is -2.23. The molecule has 33 heavy (non-hydrogen) atoms. The van der Waals surface area contributed by atoms with Crippen LogP contribution < -0.4 is 16.2 Å². The van der Waals surface area contributed by atoms with Gasteiger partial charge in [-0.1, -0.05) is 26.8 Å². The summed E-state index contributed by atoms with van der Waals surface area (Å²) in [7, 11) is 0. The lowest BCUT2D eigenvalue weighted by Gasteiger charge is -2.18. The van der Waals surface area contributed by atoms with E-state index < -0.39 is 0 Å². The smallest absolute Gasteiger partial charge is 0.323 e. The van der Waals surface area contributed by atoms with Crippen LogP contribution in [0.3, 0.4) is 0 Å². The van der Waals surface area contributed by atoms with Crippen LogP contribution in [0.15, 0.2) is 39.8 Å². The van der Waals surface area contributed by atoms with E-state index in [0.717, 1.165) is 43.8 Å². The summed E-state index contributed by atoms with van der Waals surface area (Å²) in [5.74, 6) is 1.18. The Bertz CT molecular complexity index is 1420. The Balaban J connectivity index is 1.44. The van der Waals surface area contributed by atoms with Gasteiger partial charge in [-0.15, -0.1) is 0 Å². The fourth-order valence-electron chi connectivity index (χ4n) is 4.29. The zero-order valence-electron chi connectivity index (χ0n) is 19.1. The van der Waals surface area contributed by atoms with Gasteiger partial charge in [0.15, 0.2) is 5.65 Å². The zero-order chi connectivity index (χ0) is 22.7. The fourth-order valence-corrected chi connectivity index (χ4v) is 4.29. The molecular formula is C24H27N7O2. The summed E-state index contributed by atoms with van der Waals surface area (Å²) in [6.45, 7) is 8.06. The first kappa shape index (κ1) is 20.2. The average Bonchev–Trinajstić information content (AvgIpc) is 3.42. The van der Waals surface area contributed by atoms with Crippen molar-refractivity contribution in [2.24, 2.45) is 0 Å². The molecule has 0 amide bonds. The Labute approximate surface area is 190 Å². The van der Waals surface area contributed by atoms with Gasteiger partial charge in [0.05, 0.1) is 12.2 Å². The highest BCUT2D eigenvalue weighted by Gasteiger charge is 2.32. The molecule has 1 fully saturated rings. The lowest BCUT2D eigenvalue weighted by molar-refractivity contribution is 0.379. The van der Waals surface area contributed by atoms with E-state index in [1.54, 1.807) is 21.8 Å². The Morgan fingerprint density at radius 3 is 2.76 bits per heavy atom. The van der Waals surface area contributed by atoms with E-state index in [1.807, 2.05) is 6.07 Å². The van der Waals surface area contributed by atoms with E-state index in [1.165, 1.54) is 11.1 Å². The summed E-state index contributed by atoms with van der Waals surface area (Å²) >= 11 is 0. The summed E-state index contributed by atoms with van der Waals surface area (Å²) < 4.78 is 9.53. The second-order valence-electron chi connectivity index (χ2n) is 9.92. The Morgan fingerprint density at radius 2 is 2.00 bits per heavy atom. The molecule has 2 N–H and O–H groups in total. The zero-order valence-corrected chi connectivity index (χ0v) is 19.1. The van der Waals surface area contributed by atoms with E-state index in [9.17, 15) is 4.79 Å². The molecule has 4 aromatic rings. The molecule has 0 atom stereocenters. The molecule has 1 saturated carbocycles. The molecule has 4 heterocycles. The highest BCUT2D eigenvalue weighted by Crippen LogP contribution is 2.36. The molecule has 9 nitrogen and oxygen atoms in total. The van der Waals surface area contributed by atoms with Crippen LogP contribution in [0.25, 0.3) is 17.0 Å². The predicted octanol–water partition coefficient (Wildman–Crippen LogP) is 3.59. The van der Waals surface area contributed by atoms with Crippen molar-refractivity contribution in [3.63, 3.8) is 0 Å². The van der Waals surface area contributed by atoms with Crippen LogP contribution in [-0.4, -0.2) is 30.9 Å². The van der Waals surface area contributed by atoms with E-state index in [4.69, 9.17) is 9.40 Å². The van der Waals surface area contributed by atoms with Gasteiger partial charge in [-0.25, -0.2) is 9.67 Å². The van der Waals surface area contributed by atoms with E-state index in [-0.39, 0.29) is 17.0 Å². The first-order valence-corrected chi connectivity index (χ1v) is 11.4. The molecule has 0 saturated heterocycles. The third-order valence-electron chi connectivity index (χ3n) is 6.28. The van der Waals surface area contributed by atoms with Gasteiger partial charge in [0, 0.05) is 23.8 Å². The van der Waals surface area contributed by atoms with Gasteiger partial charge in [-0.2, -0.15) is 14.6 Å². The summed E-state index contributed by atoms with van der Waals surface area (Å²) in [4.78, 5) is 26.9. The molecule has 2 aliphatic rings. The van der Waals surface area contributed by atoms with Crippen LogP contribution in [0.2, 0.25) is 0 Å². The van der Waals surface area contributed by atoms with Crippen molar-refractivity contribution in [2.75, 3.05) is 11.9 Å². The lowest BCUT2D eigenvalue weighted by atomic mass is 9.94. The number of oxazole rings is 1. The summed E-state index contributed by atoms with van der Waals surface area (Å²) in [6, 6.07) is 6.80. The third kappa shape index (κ3) is 3.52. The Morgan fingerprint density at radius 1 is 1.15 bits per heavy atom. The minimum Gasteiger partial charge on any atom is -0.427 e. The van der Waals surface area contributed by atoms with Crippen molar-refractivity contribution < 1.29 is 4.42 Å². The fraction of sp³-hybridized carbons (Fsp3) is 0.417. The van der Waals surface area contributed by atoms with Gasteiger partial charge in [-0.05, 0) is 49.1 Å². The van der Waals surface area contributed by atoms with Crippen LogP contribution in [0.1, 0.15) is 56.5 Å². The molecule has 1 aliphatic carbocycles. The van der Waals surface area contributed by atoms with Gasteiger partial charge in [-0.3, -0.25) is 4.79 Å². The van der Waals surface area contributed by atoms with Crippen molar-refractivity contribution in [2.45, 2.75) is 58.0 Å². The Kier molecular flexibility index (Phi) is 4.45. The van der Waals surface area contributed by atoms with Crippen LogP contribution in [-0.2, 0) is 18.4 Å².